The minimum absolute atomic E-state index is 0.574. The van der Waals surface area contributed by atoms with Crippen LogP contribution < -0.4 is 15.9 Å². The average molecular weight is 391 g/mol. The molecule has 3 heteroatoms. The largest absolute Gasteiger partial charge is 0.380 e. The van der Waals surface area contributed by atoms with Gasteiger partial charge in [0.15, 0.2) is 0 Å². The zero-order chi connectivity index (χ0) is 19.6. The van der Waals surface area contributed by atoms with Gasteiger partial charge in [-0.2, -0.15) is 0 Å². The summed E-state index contributed by atoms with van der Waals surface area (Å²) >= 11 is 0. The fraction of sp³-hybridized carbons (Fsp3) is 0.280. The van der Waals surface area contributed by atoms with Gasteiger partial charge in [-0.25, -0.2) is 0 Å². The van der Waals surface area contributed by atoms with E-state index in [1.807, 2.05) is 0 Å². The summed E-state index contributed by atoms with van der Waals surface area (Å²) in [7, 11) is 1.61. The highest BCUT2D eigenvalue weighted by Gasteiger charge is 2.19. The van der Waals surface area contributed by atoms with Crippen LogP contribution in [0.5, 0.6) is 0 Å². The van der Waals surface area contributed by atoms with Crippen LogP contribution in [0.4, 0.5) is 0 Å². The van der Waals surface area contributed by atoms with Gasteiger partial charge in [0.05, 0.1) is 6.61 Å². The zero-order valence-corrected chi connectivity index (χ0v) is 17.8. The summed E-state index contributed by atoms with van der Waals surface area (Å²) in [6.07, 6.45) is 1.07. The van der Waals surface area contributed by atoms with Crippen LogP contribution in [0.2, 0.25) is 0 Å². The maximum absolute atomic E-state index is 5.67. The van der Waals surface area contributed by atoms with Gasteiger partial charge >= 0.3 is 0 Å². The monoisotopic (exact) mass is 391 g/mol. The lowest BCUT2D eigenvalue weighted by Crippen LogP contribution is -2.28. The first kappa shape index (κ1) is 20.7. The minimum atomic E-state index is -0.574. The molecule has 0 unspecified atom stereocenters. The van der Waals surface area contributed by atoms with Crippen LogP contribution in [-0.2, 0) is 11.3 Å². The second-order valence-corrected chi connectivity index (χ2v) is 9.17. The van der Waals surface area contributed by atoms with Crippen LogP contribution >= 0.6 is 7.92 Å². The van der Waals surface area contributed by atoms with Gasteiger partial charge in [0.25, 0.3) is 0 Å². The predicted molar refractivity (Wildman–Crippen MR) is 123 cm³/mol. The van der Waals surface area contributed by atoms with Gasteiger partial charge < -0.3 is 4.74 Å². The molecule has 0 spiro atoms. The van der Waals surface area contributed by atoms with Crippen LogP contribution in [0.15, 0.2) is 84.9 Å². The Hall–Kier alpha value is -1.99. The van der Waals surface area contributed by atoms with E-state index in [-0.39, 0.29) is 0 Å². The van der Waals surface area contributed by atoms with Gasteiger partial charge in [0, 0.05) is 19.7 Å². The number of rotatable bonds is 10. The molecule has 0 bridgehead atoms. The Morgan fingerprint density at radius 3 is 1.93 bits per heavy atom. The summed E-state index contributed by atoms with van der Waals surface area (Å²) in [5.74, 6) is 0. The summed E-state index contributed by atoms with van der Waals surface area (Å²) in [6.45, 7) is 5.67. The van der Waals surface area contributed by atoms with Crippen LogP contribution in [0.25, 0.3) is 0 Å². The third-order valence-electron chi connectivity index (χ3n) is 4.67. The van der Waals surface area contributed by atoms with Gasteiger partial charge in [-0.15, -0.1) is 0 Å². The van der Waals surface area contributed by atoms with Gasteiger partial charge in [-0.1, -0.05) is 91.9 Å². The van der Waals surface area contributed by atoms with Crippen molar-refractivity contribution >= 4 is 23.8 Å². The standard InChI is InChI=1S/C25H30NOP/c1-3-19-27-20-18-26(2)21-22-12-10-11-17-25(22)28(23-13-6-4-7-14-23)24-15-8-5-9-16-24/h4-17H,3,18-21H2,1-2H3. The van der Waals surface area contributed by atoms with Crippen molar-refractivity contribution in [1.82, 2.24) is 4.90 Å². The first-order chi connectivity index (χ1) is 13.8. The number of nitrogens with zero attached hydrogens (tertiary/aromatic N) is 1. The molecule has 0 fully saturated rings. The Morgan fingerprint density at radius 2 is 1.32 bits per heavy atom. The van der Waals surface area contributed by atoms with Gasteiger partial charge in [0.2, 0.25) is 0 Å². The Balaban J connectivity index is 1.87. The molecule has 3 aromatic rings. The molecule has 0 N–H and O–H groups in total. The molecule has 3 rings (SSSR count). The van der Waals surface area contributed by atoms with Crippen molar-refractivity contribution in [2.75, 3.05) is 26.8 Å². The van der Waals surface area contributed by atoms with Crippen LogP contribution in [0.3, 0.4) is 0 Å². The van der Waals surface area contributed by atoms with Gasteiger partial charge in [-0.3, -0.25) is 4.90 Å². The van der Waals surface area contributed by atoms with Crippen molar-refractivity contribution in [2.24, 2.45) is 0 Å². The molecule has 0 aliphatic heterocycles. The van der Waals surface area contributed by atoms with Crippen molar-refractivity contribution in [3.63, 3.8) is 0 Å². The smallest absolute Gasteiger partial charge is 0.0593 e. The Morgan fingerprint density at radius 1 is 0.750 bits per heavy atom. The quantitative estimate of drug-likeness (QED) is 0.377. The molecule has 0 saturated heterocycles. The summed E-state index contributed by atoms with van der Waals surface area (Å²) in [6, 6.07) is 30.7. The molecule has 0 aliphatic rings. The van der Waals surface area contributed by atoms with E-state index >= 15 is 0 Å². The van der Waals surface area contributed by atoms with E-state index in [2.05, 4.69) is 104 Å². The van der Waals surface area contributed by atoms with E-state index in [0.717, 1.165) is 32.7 Å². The Labute approximate surface area is 170 Å². The van der Waals surface area contributed by atoms with Crippen molar-refractivity contribution in [3.8, 4) is 0 Å². The minimum Gasteiger partial charge on any atom is -0.380 e. The molecule has 0 heterocycles. The fourth-order valence-corrected chi connectivity index (χ4v) is 5.74. The third kappa shape index (κ3) is 5.75. The van der Waals surface area contributed by atoms with Crippen LogP contribution in [0.1, 0.15) is 18.9 Å². The summed E-state index contributed by atoms with van der Waals surface area (Å²) < 4.78 is 5.67. The number of hydrogen-bond donors (Lipinski definition) is 0. The normalized spacial score (nSPS) is 11.3. The maximum Gasteiger partial charge on any atom is 0.0593 e. The lowest BCUT2D eigenvalue weighted by Gasteiger charge is -2.24. The predicted octanol–water partition coefficient (Wildman–Crippen LogP) is 4.30. The van der Waals surface area contributed by atoms with Gasteiger partial charge in [-0.05, 0) is 42.9 Å². The molecule has 0 aliphatic carbocycles. The van der Waals surface area contributed by atoms with E-state index in [0.29, 0.717) is 0 Å². The second kappa shape index (κ2) is 11.1. The maximum atomic E-state index is 5.67. The molecule has 0 atom stereocenters. The highest BCUT2D eigenvalue weighted by Crippen LogP contribution is 2.34. The number of likely N-dealkylation sites (N-methyl/N-ethyl adjacent to an activating group) is 1. The van der Waals surface area contributed by atoms with Crippen LogP contribution in [-0.4, -0.2) is 31.7 Å². The molecule has 2 nitrogen and oxygen atoms in total. The average Bonchev–Trinajstić information content (AvgIpc) is 2.74. The zero-order valence-electron chi connectivity index (χ0n) is 16.9. The number of hydrogen-bond acceptors (Lipinski definition) is 2. The molecule has 3 aromatic carbocycles. The van der Waals surface area contributed by atoms with E-state index in [4.69, 9.17) is 4.74 Å². The summed E-state index contributed by atoms with van der Waals surface area (Å²) in [5, 5.41) is 4.23. The molecular weight excluding hydrogens is 361 g/mol. The second-order valence-electron chi connectivity index (χ2n) is 6.99. The topological polar surface area (TPSA) is 12.5 Å². The molecule has 0 aromatic heterocycles. The summed E-state index contributed by atoms with van der Waals surface area (Å²) in [5.41, 5.74) is 1.40. The van der Waals surface area contributed by atoms with Crippen molar-refractivity contribution in [1.29, 1.82) is 0 Å². The highest BCUT2D eigenvalue weighted by atomic mass is 31.1. The molecule has 0 radical (unpaired) electrons. The Bertz CT molecular complexity index is 783. The van der Waals surface area contributed by atoms with E-state index in [1.54, 1.807) is 0 Å². The van der Waals surface area contributed by atoms with Crippen molar-refractivity contribution < 1.29 is 4.74 Å². The Kier molecular flexibility index (Phi) is 8.23. The lowest BCUT2D eigenvalue weighted by atomic mass is 10.2. The number of benzene rings is 3. The molecule has 0 amide bonds. The first-order valence-corrected chi connectivity index (χ1v) is 11.4. The first-order valence-electron chi connectivity index (χ1n) is 10.0. The van der Waals surface area contributed by atoms with Crippen molar-refractivity contribution in [2.45, 2.75) is 19.9 Å². The van der Waals surface area contributed by atoms with Gasteiger partial charge in [0.1, 0.15) is 0 Å². The highest BCUT2D eigenvalue weighted by molar-refractivity contribution is 7.79. The lowest BCUT2D eigenvalue weighted by molar-refractivity contribution is 0.110. The molecule has 146 valence electrons. The van der Waals surface area contributed by atoms with E-state index in [1.165, 1.54) is 21.5 Å². The van der Waals surface area contributed by atoms with Crippen LogP contribution in [0, 0.1) is 0 Å². The molecule has 28 heavy (non-hydrogen) atoms. The fourth-order valence-electron chi connectivity index (χ4n) is 3.28. The van der Waals surface area contributed by atoms with E-state index < -0.39 is 7.92 Å². The van der Waals surface area contributed by atoms with Crippen molar-refractivity contribution in [3.05, 3.63) is 90.5 Å². The molecular formula is C25H30NOP. The number of ether oxygens (including phenoxy) is 1. The third-order valence-corrected chi connectivity index (χ3v) is 7.21. The van der Waals surface area contributed by atoms with E-state index in [9.17, 15) is 0 Å². The molecule has 0 saturated carbocycles. The SMILES string of the molecule is CCCOCCN(C)Cc1ccccc1P(c1ccccc1)c1ccccc1. The summed E-state index contributed by atoms with van der Waals surface area (Å²) in [4.78, 5) is 2.36.